The van der Waals surface area contributed by atoms with Gasteiger partial charge in [-0.1, -0.05) is 29.4 Å². The molecular formula is C20H18N2O3S2. The minimum absolute atomic E-state index is 0.295. The van der Waals surface area contributed by atoms with Gasteiger partial charge in [-0.3, -0.25) is 4.79 Å². The zero-order chi connectivity index (χ0) is 19.4. The summed E-state index contributed by atoms with van der Waals surface area (Å²) in [5, 5.41) is 0. The molecule has 0 aliphatic heterocycles. The summed E-state index contributed by atoms with van der Waals surface area (Å²) in [4.78, 5) is 18.6. The zero-order valence-corrected chi connectivity index (χ0v) is 16.8. The molecule has 0 fully saturated rings. The molecule has 3 aromatic rings. The second-order valence-corrected chi connectivity index (χ2v) is 7.32. The lowest BCUT2D eigenvalue weighted by Gasteiger charge is -2.08. The first-order valence-electron chi connectivity index (χ1n) is 8.03. The van der Waals surface area contributed by atoms with E-state index in [9.17, 15) is 4.79 Å². The van der Waals surface area contributed by atoms with E-state index in [0.717, 1.165) is 15.1 Å². The van der Waals surface area contributed by atoms with Crippen molar-refractivity contribution in [3.05, 3.63) is 46.8 Å². The molecule has 0 unspecified atom stereocenters. The van der Waals surface area contributed by atoms with Crippen LogP contribution in [-0.4, -0.2) is 30.9 Å². The highest BCUT2D eigenvalue weighted by molar-refractivity contribution is 7.98. The Labute approximate surface area is 165 Å². The van der Waals surface area contributed by atoms with E-state index in [4.69, 9.17) is 15.9 Å². The zero-order valence-electron chi connectivity index (χ0n) is 15.2. The van der Waals surface area contributed by atoms with E-state index in [0.29, 0.717) is 28.4 Å². The van der Waals surface area contributed by atoms with Gasteiger partial charge in [0.1, 0.15) is 0 Å². The van der Waals surface area contributed by atoms with Crippen molar-refractivity contribution < 1.29 is 14.3 Å². The first kappa shape index (κ1) is 19.1. The number of terminal acetylenes is 1. The topological polar surface area (TPSA) is 52.8 Å². The van der Waals surface area contributed by atoms with Gasteiger partial charge in [0.05, 0.1) is 36.5 Å². The standard InChI is InChI=1S/C20H18N2O3S2/c1-5-10-22-14-11-15(24-2)16(25-3)12-18(14)27-20(22)21-19(23)13-8-6-7-9-17(13)26-4/h1,6-9,11-12H,10H2,2-4H3. The second kappa shape index (κ2) is 8.33. The maximum absolute atomic E-state index is 12.8. The average molecular weight is 399 g/mol. The largest absolute Gasteiger partial charge is 0.493 e. The van der Waals surface area contributed by atoms with Crippen LogP contribution in [-0.2, 0) is 6.54 Å². The van der Waals surface area contributed by atoms with E-state index in [1.54, 1.807) is 20.3 Å². The molecule has 138 valence electrons. The molecule has 0 saturated heterocycles. The lowest BCUT2D eigenvalue weighted by atomic mass is 10.2. The first-order valence-corrected chi connectivity index (χ1v) is 10.1. The number of benzene rings is 2. The van der Waals surface area contributed by atoms with Gasteiger partial charge in [0.15, 0.2) is 16.3 Å². The third-order valence-electron chi connectivity index (χ3n) is 3.97. The van der Waals surface area contributed by atoms with Crippen molar-refractivity contribution in [1.29, 1.82) is 0 Å². The predicted molar refractivity (Wildman–Crippen MR) is 110 cm³/mol. The van der Waals surface area contributed by atoms with Crippen LogP contribution in [0.15, 0.2) is 46.3 Å². The minimum atomic E-state index is -0.295. The minimum Gasteiger partial charge on any atom is -0.493 e. The van der Waals surface area contributed by atoms with Crippen molar-refractivity contribution in [2.24, 2.45) is 4.99 Å². The molecule has 2 aromatic carbocycles. The molecule has 0 N–H and O–H groups in total. The Kier molecular flexibility index (Phi) is 5.89. The Morgan fingerprint density at radius 1 is 1.26 bits per heavy atom. The lowest BCUT2D eigenvalue weighted by Crippen LogP contribution is -2.16. The van der Waals surface area contributed by atoms with Crippen LogP contribution in [0.2, 0.25) is 0 Å². The number of thiazole rings is 1. The summed E-state index contributed by atoms with van der Waals surface area (Å²) in [5.74, 6) is 3.54. The van der Waals surface area contributed by atoms with E-state index >= 15 is 0 Å². The number of methoxy groups -OCH3 is 2. The van der Waals surface area contributed by atoms with Gasteiger partial charge in [-0.15, -0.1) is 18.2 Å². The van der Waals surface area contributed by atoms with Crippen LogP contribution in [0, 0.1) is 12.3 Å². The van der Waals surface area contributed by atoms with Crippen LogP contribution in [0.5, 0.6) is 11.5 Å². The molecule has 1 heterocycles. The van der Waals surface area contributed by atoms with Crippen LogP contribution in [0.25, 0.3) is 10.2 Å². The number of hydrogen-bond donors (Lipinski definition) is 0. The number of carbonyl (C=O) groups is 1. The van der Waals surface area contributed by atoms with E-state index in [1.807, 2.05) is 41.2 Å². The van der Waals surface area contributed by atoms with Gasteiger partial charge < -0.3 is 14.0 Å². The van der Waals surface area contributed by atoms with E-state index < -0.39 is 0 Å². The number of aromatic nitrogens is 1. The first-order chi connectivity index (χ1) is 13.1. The van der Waals surface area contributed by atoms with Crippen LogP contribution >= 0.6 is 23.1 Å². The summed E-state index contributed by atoms with van der Waals surface area (Å²) >= 11 is 2.90. The Hall–Kier alpha value is -2.69. The monoisotopic (exact) mass is 398 g/mol. The fourth-order valence-corrected chi connectivity index (χ4v) is 4.32. The number of carbonyl (C=O) groups excluding carboxylic acids is 1. The molecular weight excluding hydrogens is 380 g/mol. The van der Waals surface area contributed by atoms with Gasteiger partial charge in [-0.2, -0.15) is 4.99 Å². The molecule has 0 spiro atoms. The molecule has 0 atom stereocenters. The van der Waals surface area contributed by atoms with Gasteiger partial charge in [0.2, 0.25) is 0 Å². The molecule has 0 aliphatic rings. The van der Waals surface area contributed by atoms with Crippen molar-refractivity contribution in [3.63, 3.8) is 0 Å². The van der Waals surface area contributed by atoms with Gasteiger partial charge in [0.25, 0.3) is 5.91 Å². The maximum Gasteiger partial charge on any atom is 0.280 e. The van der Waals surface area contributed by atoms with Crippen molar-refractivity contribution in [2.45, 2.75) is 11.4 Å². The quantitative estimate of drug-likeness (QED) is 0.484. The number of amides is 1. The molecule has 5 nitrogen and oxygen atoms in total. The van der Waals surface area contributed by atoms with Crippen LogP contribution < -0.4 is 14.3 Å². The summed E-state index contributed by atoms with van der Waals surface area (Å²) in [6.45, 7) is 0.297. The van der Waals surface area contributed by atoms with Gasteiger partial charge >= 0.3 is 0 Å². The van der Waals surface area contributed by atoms with Crippen LogP contribution in [0.3, 0.4) is 0 Å². The summed E-state index contributed by atoms with van der Waals surface area (Å²) in [5.41, 5.74) is 1.42. The molecule has 27 heavy (non-hydrogen) atoms. The number of rotatable bonds is 5. The summed E-state index contributed by atoms with van der Waals surface area (Å²) in [6.07, 6.45) is 7.47. The molecule has 0 aliphatic carbocycles. The number of thioether (sulfide) groups is 1. The number of ether oxygens (including phenoxy) is 2. The van der Waals surface area contributed by atoms with Crippen LogP contribution in [0.4, 0.5) is 0 Å². The highest BCUT2D eigenvalue weighted by Gasteiger charge is 2.14. The summed E-state index contributed by atoms with van der Waals surface area (Å²) < 4.78 is 13.5. The fourth-order valence-electron chi connectivity index (χ4n) is 2.69. The second-order valence-electron chi connectivity index (χ2n) is 5.47. The molecule has 1 aromatic heterocycles. The highest BCUT2D eigenvalue weighted by Crippen LogP contribution is 2.33. The average Bonchev–Trinajstić information content (AvgIpc) is 3.03. The molecule has 0 bridgehead atoms. The summed E-state index contributed by atoms with van der Waals surface area (Å²) in [7, 11) is 3.16. The Morgan fingerprint density at radius 3 is 2.63 bits per heavy atom. The SMILES string of the molecule is C#CCn1c(=NC(=O)c2ccccc2SC)sc2cc(OC)c(OC)cc21. The number of hydrogen-bond acceptors (Lipinski definition) is 5. The van der Waals surface area contributed by atoms with E-state index in [1.165, 1.54) is 23.1 Å². The Balaban J connectivity index is 2.21. The maximum atomic E-state index is 12.8. The molecule has 0 radical (unpaired) electrons. The fraction of sp³-hybridized carbons (Fsp3) is 0.200. The van der Waals surface area contributed by atoms with Crippen molar-refractivity contribution in [1.82, 2.24) is 4.57 Å². The van der Waals surface area contributed by atoms with Gasteiger partial charge in [-0.25, -0.2) is 0 Å². The lowest BCUT2D eigenvalue weighted by molar-refractivity contribution is 0.0995. The Bertz CT molecular complexity index is 1110. The van der Waals surface area contributed by atoms with E-state index in [-0.39, 0.29) is 5.91 Å². The van der Waals surface area contributed by atoms with Crippen LogP contribution in [0.1, 0.15) is 10.4 Å². The predicted octanol–water partition coefficient (Wildman–Crippen LogP) is 3.82. The third-order valence-corrected chi connectivity index (χ3v) is 5.81. The Morgan fingerprint density at radius 2 is 1.96 bits per heavy atom. The van der Waals surface area contributed by atoms with Crippen molar-refractivity contribution in [2.75, 3.05) is 20.5 Å². The molecule has 3 rings (SSSR count). The molecule has 7 heteroatoms. The van der Waals surface area contributed by atoms with Gasteiger partial charge in [-0.05, 0) is 18.4 Å². The highest BCUT2D eigenvalue weighted by atomic mass is 32.2. The van der Waals surface area contributed by atoms with Gasteiger partial charge in [0, 0.05) is 17.0 Å². The normalized spacial score (nSPS) is 11.4. The molecule has 0 saturated carbocycles. The molecule has 1 amide bonds. The number of fused-ring (bicyclic) bond motifs is 1. The third kappa shape index (κ3) is 3.72. The van der Waals surface area contributed by atoms with E-state index in [2.05, 4.69) is 10.9 Å². The van der Waals surface area contributed by atoms with Crippen molar-refractivity contribution in [3.8, 4) is 23.8 Å². The summed E-state index contributed by atoms with van der Waals surface area (Å²) in [6, 6.07) is 11.1. The number of nitrogens with zero attached hydrogens (tertiary/aromatic N) is 2. The van der Waals surface area contributed by atoms with Crippen molar-refractivity contribution >= 4 is 39.2 Å². The smallest absolute Gasteiger partial charge is 0.280 e.